The van der Waals surface area contributed by atoms with Gasteiger partial charge in [-0.25, -0.2) is 14.6 Å². The Morgan fingerprint density at radius 2 is 1.40 bits per heavy atom. The topological polar surface area (TPSA) is 280 Å². The number of aliphatic carboxylic acids is 1. The number of carbonyl (C=O) groups excluding carboxylic acids is 6. The van der Waals surface area contributed by atoms with Crippen LogP contribution in [0, 0.1) is 12.3 Å². The van der Waals surface area contributed by atoms with Gasteiger partial charge in [0.1, 0.15) is 30.0 Å². The number of para-hydroxylation sites is 1. The van der Waals surface area contributed by atoms with Crippen LogP contribution in [0.25, 0.3) is 10.4 Å². The first-order valence-corrected chi connectivity index (χ1v) is 32.9. The molecule has 0 unspecified atom stereocenters. The van der Waals surface area contributed by atoms with E-state index in [1.807, 2.05) is 102 Å². The van der Waals surface area contributed by atoms with Crippen LogP contribution >= 0.6 is 11.3 Å². The SMILES string of the molecule is CC[C@H](C(=O)N1CCCC[C@H]1C(=O)O[C@H](CCc1ccc(OC)c(OC)c1)c1ccccc1OCC(=O)NCCCCCCC(=O)N[C@H](C(=O)N1C[C@H](O)C[C@H]1C(=O)N[C@@H](C)c1ccc(-c2scnc2C)cc1)C(C)(C)C)c1cc(OC)c(OC)c(OC)c1.O=C(O)C(F)(F)F. The number of benzene rings is 4. The zero-order chi connectivity index (χ0) is 70.4. The van der Waals surface area contributed by atoms with Gasteiger partial charge in [-0.05, 0) is 123 Å². The molecule has 7 atom stereocenters. The fourth-order valence-electron chi connectivity index (χ4n) is 11.6. The summed E-state index contributed by atoms with van der Waals surface area (Å²) >= 11 is 1.57. The lowest BCUT2D eigenvalue weighted by Gasteiger charge is -2.37. The van der Waals surface area contributed by atoms with Crippen LogP contribution in [-0.4, -0.2) is 159 Å². The molecule has 1 aromatic heterocycles. The van der Waals surface area contributed by atoms with Gasteiger partial charge >= 0.3 is 18.1 Å². The Morgan fingerprint density at radius 1 is 0.740 bits per heavy atom. The summed E-state index contributed by atoms with van der Waals surface area (Å²) in [7, 11) is 7.69. The Balaban J connectivity index is 0.00000197. The average molecular weight is 1360 g/mol. The average Bonchev–Trinajstić information content (AvgIpc) is 1.27. The largest absolute Gasteiger partial charge is 0.493 e. The Morgan fingerprint density at radius 3 is 2.00 bits per heavy atom. The highest BCUT2D eigenvalue weighted by Crippen LogP contribution is 2.42. The Labute approximate surface area is 562 Å². The number of ether oxygens (including phenoxy) is 7. The number of hydrogen-bond acceptors (Lipinski definition) is 17. The number of aromatic nitrogens is 1. The van der Waals surface area contributed by atoms with Crippen molar-refractivity contribution in [1.82, 2.24) is 30.7 Å². The van der Waals surface area contributed by atoms with E-state index in [-0.39, 0.29) is 55.7 Å². The second kappa shape index (κ2) is 35.9. The number of β-amino-alcohol motifs (C(OH)–C–C–N with tert-alkyl or cyclic N) is 1. The fraction of sp³-hybridized carbons (Fsp3) is 0.514. The summed E-state index contributed by atoms with van der Waals surface area (Å²) in [5, 5.41) is 26.8. The van der Waals surface area contributed by atoms with Crippen LogP contribution in [0.4, 0.5) is 13.2 Å². The number of hydrogen-bond donors (Lipinski definition) is 5. The van der Waals surface area contributed by atoms with Crippen molar-refractivity contribution in [3.8, 4) is 44.9 Å². The number of halogens is 3. The fourth-order valence-corrected chi connectivity index (χ4v) is 12.5. The van der Waals surface area contributed by atoms with Crippen LogP contribution in [0.1, 0.15) is 151 Å². The molecule has 5 aromatic rings. The second-order valence-electron chi connectivity index (χ2n) is 24.6. The predicted octanol–water partition coefficient (Wildman–Crippen LogP) is 10.4. The highest BCUT2D eigenvalue weighted by Gasteiger charge is 2.45. The van der Waals surface area contributed by atoms with Gasteiger partial charge < -0.3 is 69.1 Å². The minimum absolute atomic E-state index is 0.0280. The lowest BCUT2D eigenvalue weighted by Crippen LogP contribution is -2.57. The summed E-state index contributed by atoms with van der Waals surface area (Å²) in [6.45, 7) is 11.7. The number of aliphatic hydroxyl groups is 1. The van der Waals surface area contributed by atoms with Crippen molar-refractivity contribution in [2.45, 2.75) is 167 Å². The molecule has 524 valence electrons. The van der Waals surface area contributed by atoms with E-state index in [9.17, 15) is 47.0 Å². The van der Waals surface area contributed by atoms with Crippen molar-refractivity contribution in [2.75, 3.05) is 61.8 Å². The number of esters is 1. The van der Waals surface area contributed by atoms with E-state index >= 15 is 0 Å². The molecule has 2 saturated heterocycles. The van der Waals surface area contributed by atoms with Crippen LogP contribution in [0.2, 0.25) is 0 Å². The third-order valence-electron chi connectivity index (χ3n) is 16.8. The van der Waals surface area contributed by atoms with Gasteiger partial charge in [0, 0.05) is 38.0 Å². The number of aliphatic hydroxyl groups excluding tert-OH is 1. The molecule has 2 aliphatic rings. The summed E-state index contributed by atoms with van der Waals surface area (Å²) in [5.41, 5.74) is 6.11. The number of carboxylic acids is 1. The molecule has 0 radical (unpaired) electrons. The molecule has 2 aliphatic heterocycles. The number of carboxylic acid groups (broad SMARTS) is 1. The maximum Gasteiger partial charge on any atom is 0.490 e. The molecule has 2 fully saturated rings. The number of unbranched alkanes of at least 4 members (excludes halogenated alkanes) is 3. The monoisotopic (exact) mass is 1360 g/mol. The molecule has 0 saturated carbocycles. The number of likely N-dealkylation sites (tertiary alicyclic amines) is 2. The van der Waals surface area contributed by atoms with Gasteiger partial charge in [-0.15, -0.1) is 11.3 Å². The molecule has 3 heterocycles. The van der Waals surface area contributed by atoms with E-state index in [0.29, 0.717) is 104 Å². The number of nitrogens with one attached hydrogen (secondary N) is 3. The molecular formula is C70H91F3N6O16S. The Hall–Kier alpha value is -8.65. The zero-order valence-electron chi connectivity index (χ0n) is 56.4. The van der Waals surface area contributed by atoms with Crippen LogP contribution in [0.15, 0.2) is 84.4 Å². The molecule has 7 rings (SSSR count). The summed E-state index contributed by atoms with van der Waals surface area (Å²) in [4.78, 5) is 101. The number of aryl methyl sites for hydroxylation is 2. The van der Waals surface area contributed by atoms with Crippen LogP contribution in [0.5, 0.6) is 34.5 Å². The lowest BCUT2D eigenvalue weighted by atomic mass is 9.85. The van der Waals surface area contributed by atoms with Gasteiger partial charge in [-0.1, -0.05) is 89.1 Å². The van der Waals surface area contributed by atoms with E-state index in [1.165, 1.54) is 26.2 Å². The summed E-state index contributed by atoms with van der Waals surface area (Å²) < 4.78 is 72.3. The molecule has 4 aromatic carbocycles. The number of amides is 5. The summed E-state index contributed by atoms with van der Waals surface area (Å²) in [5.74, 6) is -2.86. The first-order valence-electron chi connectivity index (χ1n) is 32.1. The normalized spacial score (nSPS) is 16.7. The molecule has 26 heteroatoms. The van der Waals surface area contributed by atoms with Gasteiger partial charge in [0.2, 0.25) is 29.4 Å². The third kappa shape index (κ3) is 20.9. The van der Waals surface area contributed by atoms with Gasteiger partial charge in [0.05, 0.1) is 69.7 Å². The first-order chi connectivity index (χ1) is 45.7. The number of thiazole rings is 1. The second-order valence-corrected chi connectivity index (χ2v) is 25.5. The van der Waals surface area contributed by atoms with Crippen molar-refractivity contribution in [2.24, 2.45) is 5.41 Å². The summed E-state index contributed by atoms with van der Waals surface area (Å²) in [6.07, 6.45) is -0.905. The third-order valence-corrected chi connectivity index (χ3v) is 17.8. The zero-order valence-corrected chi connectivity index (χ0v) is 57.2. The van der Waals surface area contributed by atoms with Crippen molar-refractivity contribution >= 4 is 52.8 Å². The molecule has 0 bridgehead atoms. The van der Waals surface area contributed by atoms with E-state index < -0.39 is 65.7 Å². The van der Waals surface area contributed by atoms with E-state index in [2.05, 4.69) is 20.9 Å². The molecule has 96 heavy (non-hydrogen) atoms. The van der Waals surface area contributed by atoms with Crippen LogP contribution < -0.4 is 44.4 Å². The number of alkyl halides is 3. The van der Waals surface area contributed by atoms with Crippen LogP contribution in [-0.2, 0) is 44.7 Å². The molecular weight excluding hydrogens is 1270 g/mol. The number of piperidine rings is 1. The number of methoxy groups -OCH3 is 5. The van der Waals surface area contributed by atoms with Gasteiger partial charge in [-0.2, -0.15) is 13.2 Å². The van der Waals surface area contributed by atoms with E-state index in [4.69, 9.17) is 43.1 Å². The standard InChI is InChI=1S/C68H90N6O14S.C2HF3O2/c1-12-49(47-36-57(84-9)61(86-11)58(37-47)85-10)65(79)73-34-20-18-22-51(73)67(81)88-54(31-25-44-26-32-55(82-7)56(35-44)83-8)50-21-16-17-23-53(50)87-40-60(77)69-33-19-14-13-15-24-59(76)72-63(68(4,5)6)66(80)74-39-48(75)38-52(74)64(78)71-42(2)45-27-29-46(30-28-45)62-43(3)70-41-89-62;3-2(4,5)1(6)7/h16-17,21,23,26-30,32,35-37,41-42,48-49,51-52,54,63,75H,12-15,18-20,22,24-25,31,33-34,38-40H2,1-11H3,(H,69,77)(H,71,78)(H,72,76);(H,6,7)/t42-,48+,49-,51-,52-,54+,63+;/m0./s1. The van der Waals surface area contributed by atoms with Crippen molar-refractivity contribution in [3.05, 3.63) is 112 Å². The molecule has 5 N–H and O–H groups in total. The van der Waals surface area contributed by atoms with Gasteiger partial charge in [0.25, 0.3) is 5.91 Å². The molecule has 0 aliphatic carbocycles. The van der Waals surface area contributed by atoms with Crippen molar-refractivity contribution in [1.29, 1.82) is 0 Å². The molecule has 0 spiro atoms. The summed E-state index contributed by atoms with van der Waals surface area (Å²) in [6, 6.07) is 21.1. The molecule has 22 nitrogen and oxygen atoms in total. The quantitative estimate of drug-likeness (QED) is 0.0211. The number of carbonyl (C=O) groups is 7. The minimum Gasteiger partial charge on any atom is -0.493 e. The highest BCUT2D eigenvalue weighted by atomic mass is 32.1. The lowest BCUT2D eigenvalue weighted by molar-refractivity contribution is -0.192. The Kier molecular flexibility index (Phi) is 28.6. The van der Waals surface area contributed by atoms with E-state index in [1.54, 1.807) is 54.7 Å². The minimum atomic E-state index is -5.08. The predicted molar refractivity (Wildman–Crippen MR) is 353 cm³/mol. The number of nitrogens with zero attached hydrogens (tertiary/aromatic N) is 3. The van der Waals surface area contributed by atoms with Gasteiger partial charge in [-0.3, -0.25) is 24.0 Å². The number of rotatable bonds is 30. The Bertz CT molecular complexity index is 3410. The smallest absolute Gasteiger partial charge is 0.490 e. The first kappa shape index (κ1) is 76.4. The maximum atomic E-state index is 14.7. The van der Waals surface area contributed by atoms with Crippen molar-refractivity contribution < 1.29 is 90.1 Å². The van der Waals surface area contributed by atoms with Crippen LogP contribution in [0.3, 0.4) is 0 Å². The van der Waals surface area contributed by atoms with Gasteiger partial charge in [0.15, 0.2) is 29.6 Å². The highest BCUT2D eigenvalue weighted by molar-refractivity contribution is 7.13. The molecule has 5 amide bonds. The van der Waals surface area contributed by atoms with Crippen molar-refractivity contribution in [3.63, 3.8) is 0 Å². The van der Waals surface area contributed by atoms with E-state index in [0.717, 1.165) is 46.5 Å². The maximum absolute atomic E-state index is 14.7.